The van der Waals surface area contributed by atoms with E-state index >= 15 is 0 Å². The summed E-state index contributed by atoms with van der Waals surface area (Å²) in [5, 5.41) is 1.32. The van der Waals surface area contributed by atoms with Gasteiger partial charge in [0.05, 0.1) is 8.07 Å². The molecule has 0 aliphatic rings. The van der Waals surface area contributed by atoms with Crippen LogP contribution >= 0.6 is 0 Å². The molecule has 0 bridgehead atoms. The summed E-state index contributed by atoms with van der Waals surface area (Å²) in [5.74, 6) is -0.271. The number of hydrogen-bond acceptors (Lipinski definition) is 1. The Kier molecular flexibility index (Phi) is 4.97. The van der Waals surface area contributed by atoms with Gasteiger partial charge in [-0.2, -0.15) is 0 Å². The number of benzene rings is 1. The van der Waals surface area contributed by atoms with Gasteiger partial charge in [-0.05, 0) is 10.9 Å². The summed E-state index contributed by atoms with van der Waals surface area (Å²) in [4.78, 5) is 4.43. The fourth-order valence-corrected chi connectivity index (χ4v) is 2.60. The van der Waals surface area contributed by atoms with Crippen LogP contribution in [0.1, 0.15) is 0 Å². The van der Waals surface area contributed by atoms with Gasteiger partial charge in [-0.3, -0.25) is 4.39 Å². The third-order valence-electron chi connectivity index (χ3n) is 2.68. The van der Waals surface area contributed by atoms with E-state index in [1.165, 1.54) is 17.3 Å². The summed E-state index contributed by atoms with van der Waals surface area (Å²) < 4.78 is 12.8. The zero-order chi connectivity index (χ0) is 12.5. The molecule has 1 radical (unpaired) electrons. The predicted molar refractivity (Wildman–Crippen MR) is 71.4 cm³/mol. The zero-order valence-electron chi connectivity index (χ0n) is 10.6. The molecule has 1 nitrogen and oxygen atoms in total. The van der Waals surface area contributed by atoms with Gasteiger partial charge >= 0.3 is 0 Å². The quantitative estimate of drug-likeness (QED) is 0.520. The van der Waals surface area contributed by atoms with Crippen LogP contribution < -0.4 is 5.19 Å². The fraction of sp³-hybridized carbons (Fsp3) is 0.214. The maximum atomic E-state index is 12.8. The van der Waals surface area contributed by atoms with E-state index in [1.54, 1.807) is 6.07 Å². The summed E-state index contributed by atoms with van der Waals surface area (Å²) in [6, 6.07) is 11.5. The molecular weight excluding hydrogens is 421 g/mol. The van der Waals surface area contributed by atoms with Gasteiger partial charge in [0, 0.05) is 32.1 Å². The first kappa shape index (κ1) is 15.2. The summed E-state index contributed by atoms with van der Waals surface area (Å²) >= 11 is 0. The van der Waals surface area contributed by atoms with Gasteiger partial charge in [0.1, 0.15) is 0 Å². The second-order valence-corrected chi connectivity index (χ2v) is 10.2. The zero-order valence-corrected chi connectivity index (χ0v) is 14.0. The number of hydrogen-bond donors (Lipinski definition) is 0. The summed E-state index contributed by atoms with van der Waals surface area (Å²) in [6.07, 6.45) is 1.93. The molecule has 0 spiro atoms. The van der Waals surface area contributed by atoms with E-state index < -0.39 is 8.07 Å². The molecule has 0 saturated carbocycles. The molecule has 0 saturated heterocycles. The van der Waals surface area contributed by atoms with Crippen molar-refractivity contribution in [2.24, 2.45) is 0 Å². The first-order chi connectivity index (χ1) is 7.97. The first-order valence-corrected chi connectivity index (χ1v) is 9.11. The summed E-state index contributed by atoms with van der Waals surface area (Å²) in [5.41, 5.74) is 1.67. The van der Waals surface area contributed by atoms with Crippen LogP contribution in [-0.2, 0) is 20.1 Å². The predicted octanol–water partition coefficient (Wildman–Crippen LogP) is 3.23. The molecule has 97 valence electrons. The number of nitrogens with zero attached hydrogens (tertiary/aromatic N) is 1. The van der Waals surface area contributed by atoms with Crippen molar-refractivity contribution < 1.29 is 24.5 Å². The second kappa shape index (κ2) is 5.87. The monoisotopic (exact) mass is 437 g/mol. The normalized spacial score (nSPS) is 10.9. The van der Waals surface area contributed by atoms with Crippen molar-refractivity contribution in [1.82, 2.24) is 4.98 Å². The molecule has 18 heavy (non-hydrogen) atoms. The molecule has 0 amide bonds. The van der Waals surface area contributed by atoms with Crippen LogP contribution in [0.5, 0.6) is 0 Å². The van der Waals surface area contributed by atoms with Crippen molar-refractivity contribution in [3.8, 4) is 11.3 Å². The molecule has 0 N–H and O–H groups in total. The van der Waals surface area contributed by atoms with E-state index in [-0.39, 0.29) is 25.9 Å². The average Bonchev–Trinajstić information content (AvgIpc) is 2.29. The molecule has 4 heteroatoms. The van der Waals surface area contributed by atoms with Gasteiger partial charge in [0.25, 0.3) is 0 Å². The van der Waals surface area contributed by atoms with Crippen molar-refractivity contribution in [1.29, 1.82) is 0 Å². The Bertz CT molecular complexity index is 503. The van der Waals surface area contributed by atoms with E-state index in [9.17, 15) is 4.39 Å². The Morgan fingerprint density at radius 2 is 1.83 bits per heavy atom. The minimum atomic E-state index is -1.30. The third-order valence-corrected chi connectivity index (χ3v) is 4.71. The third kappa shape index (κ3) is 3.58. The van der Waals surface area contributed by atoms with E-state index in [0.29, 0.717) is 0 Å². The molecule has 0 aliphatic carbocycles. The standard InChI is InChI=1S/C14H15FNSi.Ir/c1-17(2,3)13-8-9-14(16-10-13)11-4-6-12(15)7-5-11;/h4,6-10H,1-3H3;/q-1;. The van der Waals surface area contributed by atoms with E-state index in [0.717, 1.165) is 11.3 Å². The summed E-state index contributed by atoms with van der Waals surface area (Å²) in [6.45, 7) is 6.86. The fourth-order valence-electron chi connectivity index (χ4n) is 1.56. The van der Waals surface area contributed by atoms with Gasteiger partial charge in [0.2, 0.25) is 0 Å². The molecule has 1 aromatic heterocycles. The van der Waals surface area contributed by atoms with Gasteiger partial charge in [-0.1, -0.05) is 31.8 Å². The largest absolute Gasteiger partial charge is 0.305 e. The van der Waals surface area contributed by atoms with E-state index in [4.69, 9.17) is 0 Å². The smallest absolute Gasteiger partial charge is 0.0795 e. The SMILES string of the molecule is C[Si](C)(C)c1ccc(-c2[c-]cc(F)cc2)nc1.[Ir]. The molecular formula is C14H15FIrNSi-. The molecule has 0 aliphatic heterocycles. The molecule has 0 unspecified atom stereocenters. The van der Waals surface area contributed by atoms with Crippen LogP contribution in [0.2, 0.25) is 19.6 Å². The minimum Gasteiger partial charge on any atom is -0.305 e. The minimum absolute atomic E-state index is 0. The van der Waals surface area contributed by atoms with Crippen LogP contribution in [0.3, 0.4) is 0 Å². The average molecular weight is 437 g/mol. The number of aromatic nitrogens is 1. The van der Waals surface area contributed by atoms with Crippen LogP contribution in [0, 0.1) is 11.9 Å². The van der Waals surface area contributed by atoms with Crippen LogP contribution in [-0.4, -0.2) is 13.1 Å². The number of pyridine rings is 1. The molecule has 0 atom stereocenters. The first-order valence-electron chi connectivity index (χ1n) is 5.61. The Morgan fingerprint density at radius 1 is 1.11 bits per heavy atom. The topological polar surface area (TPSA) is 12.9 Å². The Hall–Kier alpha value is -0.834. The molecule has 2 aromatic rings. The Labute approximate surface area is 122 Å². The van der Waals surface area contributed by atoms with E-state index in [2.05, 4.69) is 36.8 Å². The summed E-state index contributed by atoms with van der Waals surface area (Å²) in [7, 11) is -1.30. The van der Waals surface area contributed by atoms with E-state index in [1.807, 2.05) is 12.3 Å². The van der Waals surface area contributed by atoms with Crippen molar-refractivity contribution >= 4 is 13.3 Å². The molecule has 1 heterocycles. The number of halogens is 1. The van der Waals surface area contributed by atoms with Crippen LogP contribution in [0.4, 0.5) is 4.39 Å². The maximum Gasteiger partial charge on any atom is 0.0795 e. The second-order valence-electron chi connectivity index (χ2n) is 5.10. The van der Waals surface area contributed by atoms with Crippen molar-refractivity contribution in [2.45, 2.75) is 19.6 Å². The van der Waals surface area contributed by atoms with Crippen molar-refractivity contribution in [2.75, 3.05) is 0 Å². The Balaban J connectivity index is 0.00000162. The van der Waals surface area contributed by atoms with Crippen molar-refractivity contribution in [3.63, 3.8) is 0 Å². The van der Waals surface area contributed by atoms with Crippen molar-refractivity contribution in [3.05, 3.63) is 48.4 Å². The Morgan fingerprint density at radius 3 is 2.28 bits per heavy atom. The number of rotatable bonds is 2. The van der Waals surface area contributed by atoms with Gasteiger partial charge in [-0.25, -0.2) is 0 Å². The maximum absolute atomic E-state index is 12.8. The molecule has 1 aromatic carbocycles. The van der Waals surface area contributed by atoms with Crippen LogP contribution in [0.25, 0.3) is 11.3 Å². The molecule has 0 fully saturated rings. The van der Waals surface area contributed by atoms with Crippen LogP contribution in [0.15, 0.2) is 36.5 Å². The van der Waals surface area contributed by atoms with Gasteiger partial charge in [0.15, 0.2) is 0 Å². The van der Waals surface area contributed by atoms with Gasteiger partial charge in [-0.15, -0.1) is 29.8 Å². The van der Waals surface area contributed by atoms with Gasteiger partial charge < -0.3 is 4.98 Å². The molecule has 2 rings (SSSR count).